The minimum Gasteiger partial charge on any atom is -0.478 e. The van der Waals surface area contributed by atoms with Crippen molar-refractivity contribution in [1.29, 1.82) is 0 Å². The Morgan fingerprint density at radius 1 is 1.43 bits per heavy atom. The second-order valence-electron chi connectivity index (χ2n) is 5.34. The van der Waals surface area contributed by atoms with Gasteiger partial charge in [-0.25, -0.2) is 9.59 Å². The molecule has 1 aliphatic rings. The topological polar surface area (TPSA) is 89.9 Å². The molecule has 1 aromatic heterocycles. The molecule has 1 aromatic rings. The van der Waals surface area contributed by atoms with Crippen LogP contribution < -0.4 is 5.32 Å². The number of hydrogen-bond donors (Lipinski definition) is 3. The summed E-state index contributed by atoms with van der Waals surface area (Å²) in [6.45, 7) is 4.97. The molecule has 1 atom stereocenters. The van der Waals surface area contributed by atoms with E-state index in [-0.39, 0.29) is 18.2 Å². The summed E-state index contributed by atoms with van der Waals surface area (Å²) in [5.74, 6) is -0.696. The highest BCUT2D eigenvalue weighted by atomic mass is 32.1. The van der Waals surface area contributed by atoms with Crippen LogP contribution in [-0.2, 0) is 0 Å². The monoisotopic (exact) mass is 312 g/mol. The SMILES string of the molecule is Cc1sc(NC(=O)N2CCC(CCO)C2)c(C(=O)O)c1C. The largest absolute Gasteiger partial charge is 0.478 e. The Morgan fingerprint density at radius 3 is 2.76 bits per heavy atom. The number of likely N-dealkylation sites (tertiary alicyclic amines) is 1. The summed E-state index contributed by atoms with van der Waals surface area (Å²) >= 11 is 1.29. The molecule has 6 nitrogen and oxygen atoms in total. The van der Waals surface area contributed by atoms with Crippen molar-refractivity contribution < 1.29 is 19.8 Å². The van der Waals surface area contributed by atoms with Crippen LogP contribution in [-0.4, -0.2) is 46.8 Å². The molecule has 1 fully saturated rings. The Hall–Kier alpha value is -1.60. The molecule has 0 saturated carbocycles. The number of amides is 2. The number of aliphatic hydroxyl groups excluding tert-OH is 1. The molecule has 1 unspecified atom stereocenters. The second kappa shape index (κ2) is 6.44. The van der Waals surface area contributed by atoms with Crippen molar-refractivity contribution in [2.24, 2.45) is 5.92 Å². The zero-order chi connectivity index (χ0) is 15.6. The number of hydrogen-bond acceptors (Lipinski definition) is 4. The van der Waals surface area contributed by atoms with Gasteiger partial charge in [-0.15, -0.1) is 11.3 Å². The first-order valence-electron chi connectivity index (χ1n) is 6.94. The Kier molecular flexibility index (Phi) is 4.84. The fourth-order valence-corrected chi connectivity index (χ4v) is 3.63. The standard InChI is InChI=1S/C14H20N2O4S/c1-8-9(2)21-12(11(8)13(18)19)15-14(20)16-5-3-10(7-16)4-6-17/h10,17H,3-7H2,1-2H3,(H,15,20)(H,18,19). The van der Waals surface area contributed by atoms with Gasteiger partial charge in [0.15, 0.2) is 0 Å². The van der Waals surface area contributed by atoms with Crippen molar-refractivity contribution in [2.45, 2.75) is 26.7 Å². The highest BCUT2D eigenvalue weighted by Gasteiger charge is 2.27. The maximum absolute atomic E-state index is 12.2. The van der Waals surface area contributed by atoms with E-state index in [1.54, 1.807) is 11.8 Å². The van der Waals surface area contributed by atoms with E-state index < -0.39 is 5.97 Å². The van der Waals surface area contributed by atoms with Gasteiger partial charge in [0.2, 0.25) is 0 Å². The summed E-state index contributed by atoms with van der Waals surface area (Å²) < 4.78 is 0. The van der Waals surface area contributed by atoms with Gasteiger partial charge in [-0.1, -0.05) is 0 Å². The van der Waals surface area contributed by atoms with Gasteiger partial charge in [-0.2, -0.15) is 0 Å². The average molecular weight is 312 g/mol. The van der Waals surface area contributed by atoms with Crippen LogP contribution in [0.3, 0.4) is 0 Å². The number of aliphatic hydroxyl groups is 1. The van der Waals surface area contributed by atoms with E-state index in [2.05, 4.69) is 5.32 Å². The molecule has 0 aliphatic carbocycles. The van der Waals surface area contributed by atoms with Gasteiger partial charge >= 0.3 is 12.0 Å². The number of urea groups is 1. The molecule has 3 N–H and O–H groups in total. The molecule has 0 radical (unpaired) electrons. The number of rotatable bonds is 4. The third-order valence-electron chi connectivity index (χ3n) is 3.93. The predicted molar refractivity (Wildman–Crippen MR) is 81.2 cm³/mol. The Bertz CT molecular complexity index is 555. The number of nitrogens with zero attached hydrogens (tertiary/aromatic N) is 1. The van der Waals surface area contributed by atoms with Gasteiger partial charge in [-0.3, -0.25) is 5.32 Å². The molecule has 116 valence electrons. The molecule has 0 aromatic carbocycles. The number of aromatic carboxylic acids is 1. The van der Waals surface area contributed by atoms with Crippen molar-refractivity contribution in [1.82, 2.24) is 4.90 Å². The lowest BCUT2D eigenvalue weighted by Crippen LogP contribution is -2.33. The van der Waals surface area contributed by atoms with Crippen molar-refractivity contribution in [3.63, 3.8) is 0 Å². The quantitative estimate of drug-likeness (QED) is 0.796. The molecule has 0 bridgehead atoms. The van der Waals surface area contributed by atoms with Crippen molar-refractivity contribution in [2.75, 3.05) is 25.0 Å². The van der Waals surface area contributed by atoms with E-state index in [1.807, 2.05) is 6.92 Å². The number of nitrogens with one attached hydrogen (secondary N) is 1. The number of carbonyl (C=O) groups excluding carboxylic acids is 1. The molecular formula is C14H20N2O4S. The normalized spacial score (nSPS) is 18.0. The number of carbonyl (C=O) groups is 2. The second-order valence-corrected chi connectivity index (χ2v) is 6.56. The highest BCUT2D eigenvalue weighted by molar-refractivity contribution is 7.16. The third-order valence-corrected chi connectivity index (χ3v) is 5.05. The van der Waals surface area contributed by atoms with Crippen LogP contribution in [0.4, 0.5) is 9.80 Å². The van der Waals surface area contributed by atoms with Gasteiger partial charge in [0.1, 0.15) is 5.00 Å². The van der Waals surface area contributed by atoms with E-state index in [9.17, 15) is 14.7 Å². The van der Waals surface area contributed by atoms with Crippen LogP contribution in [0.5, 0.6) is 0 Å². The Labute approximate surface area is 127 Å². The third kappa shape index (κ3) is 3.36. The van der Waals surface area contributed by atoms with E-state index in [0.29, 0.717) is 36.0 Å². The summed E-state index contributed by atoms with van der Waals surface area (Å²) in [7, 11) is 0. The summed E-state index contributed by atoms with van der Waals surface area (Å²) in [5.41, 5.74) is 0.874. The van der Waals surface area contributed by atoms with E-state index in [0.717, 1.165) is 11.3 Å². The summed E-state index contributed by atoms with van der Waals surface area (Å²) in [4.78, 5) is 26.1. The van der Waals surface area contributed by atoms with Gasteiger partial charge in [0, 0.05) is 24.6 Å². The zero-order valence-corrected chi connectivity index (χ0v) is 13.0. The molecule has 0 spiro atoms. The number of thiophene rings is 1. The van der Waals surface area contributed by atoms with Crippen LogP contribution >= 0.6 is 11.3 Å². The number of carboxylic acid groups (broad SMARTS) is 1. The van der Waals surface area contributed by atoms with Crippen LogP contribution in [0.1, 0.15) is 33.6 Å². The van der Waals surface area contributed by atoms with Crippen LogP contribution in [0.25, 0.3) is 0 Å². The van der Waals surface area contributed by atoms with Crippen LogP contribution in [0.15, 0.2) is 0 Å². The molecule has 21 heavy (non-hydrogen) atoms. The molecule has 2 amide bonds. The molecule has 2 heterocycles. The molecule has 1 aliphatic heterocycles. The summed E-state index contributed by atoms with van der Waals surface area (Å²) in [5, 5.41) is 21.3. The Balaban J connectivity index is 2.07. The van der Waals surface area contributed by atoms with Crippen LogP contribution in [0, 0.1) is 19.8 Å². The average Bonchev–Trinajstić information content (AvgIpc) is 2.96. The van der Waals surface area contributed by atoms with Gasteiger partial charge < -0.3 is 15.1 Å². The first kappa shape index (κ1) is 15.8. The van der Waals surface area contributed by atoms with Crippen molar-refractivity contribution >= 4 is 28.3 Å². The minimum absolute atomic E-state index is 0.132. The van der Waals surface area contributed by atoms with Crippen molar-refractivity contribution in [3.05, 3.63) is 16.0 Å². The zero-order valence-electron chi connectivity index (χ0n) is 12.2. The number of carboxylic acids is 1. The number of anilines is 1. The minimum atomic E-state index is -1.02. The lowest BCUT2D eigenvalue weighted by atomic mass is 10.1. The van der Waals surface area contributed by atoms with Crippen LogP contribution in [0.2, 0.25) is 0 Å². The number of aryl methyl sites for hydroxylation is 1. The van der Waals surface area contributed by atoms with Gasteiger partial charge in [-0.05, 0) is 38.2 Å². The maximum atomic E-state index is 12.2. The summed E-state index contributed by atoms with van der Waals surface area (Å²) in [6.07, 6.45) is 1.57. The first-order valence-corrected chi connectivity index (χ1v) is 7.75. The Morgan fingerprint density at radius 2 is 2.14 bits per heavy atom. The van der Waals surface area contributed by atoms with Crippen molar-refractivity contribution in [3.8, 4) is 0 Å². The molecule has 2 rings (SSSR count). The predicted octanol–water partition coefficient (Wildman–Crippen LogP) is 2.30. The lowest BCUT2D eigenvalue weighted by molar-refractivity contribution is 0.0697. The van der Waals surface area contributed by atoms with E-state index in [4.69, 9.17) is 5.11 Å². The molecule has 7 heteroatoms. The molecular weight excluding hydrogens is 292 g/mol. The lowest BCUT2D eigenvalue weighted by Gasteiger charge is -2.17. The van der Waals surface area contributed by atoms with Gasteiger partial charge in [0.05, 0.1) is 5.56 Å². The van der Waals surface area contributed by atoms with Gasteiger partial charge in [0.25, 0.3) is 0 Å². The van der Waals surface area contributed by atoms with E-state index in [1.165, 1.54) is 11.3 Å². The first-order chi connectivity index (χ1) is 9.93. The highest BCUT2D eigenvalue weighted by Crippen LogP contribution is 2.33. The molecule has 1 saturated heterocycles. The summed E-state index contributed by atoms with van der Waals surface area (Å²) in [6, 6.07) is -0.265. The van der Waals surface area contributed by atoms with E-state index >= 15 is 0 Å². The maximum Gasteiger partial charge on any atom is 0.338 e. The smallest absolute Gasteiger partial charge is 0.338 e. The fraction of sp³-hybridized carbons (Fsp3) is 0.571. The fourth-order valence-electron chi connectivity index (χ4n) is 2.58.